The molecular weight excluding hydrogens is 408 g/mol. The highest BCUT2D eigenvalue weighted by Crippen LogP contribution is 2.62. The first kappa shape index (κ1) is 20.8. The SMILES string of the molecule is CCCCCCCCCCOc1ccc(Br)cc1C12CC3CC(CC(C3)C1)C2. The van der Waals surface area contributed by atoms with E-state index in [0.717, 1.165) is 24.4 Å². The zero-order valence-electron chi connectivity index (χ0n) is 17.9. The van der Waals surface area contributed by atoms with E-state index in [9.17, 15) is 0 Å². The number of halogens is 1. The van der Waals surface area contributed by atoms with E-state index >= 15 is 0 Å². The quantitative estimate of drug-likeness (QED) is 0.309. The Balaban J connectivity index is 1.32. The van der Waals surface area contributed by atoms with Gasteiger partial charge in [0.1, 0.15) is 5.75 Å². The van der Waals surface area contributed by atoms with Crippen molar-refractivity contribution in [2.24, 2.45) is 17.8 Å². The molecule has 4 aliphatic carbocycles. The normalized spacial score (nSPS) is 30.7. The summed E-state index contributed by atoms with van der Waals surface area (Å²) >= 11 is 3.75. The average molecular weight is 448 g/mol. The van der Waals surface area contributed by atoms with E-state index in [1.807, 2.05) is 0 Å². The lowest BCUT2D eigenvalue weighted by atomic mass is 9.48. The Hall–Kier alpha value is -0.500. The third kappa shape index (κ3) is 4.79. The number of hydrogen-bond donors (Lipinski definition) is 0. The maximum atomic E-state index is 6.41. The van der Waals surface area contributed by atoms with Crippen molar-refractivity contribution >= 4 is 15.9 Å². The Kier molecular flexibility index (Phi) is 7.07. The smallest absolute Gasteiger partial charge is 0.123 e. The largest absolute Gasteiger partial charge is 0.493 e. The Morgan fingerprint density at radius 1 is 0.857 bits per heavy atom. The highest BCUT2D eigenvalue weighted by Gasteiger charge is 2.52. The molecule has 5 rings (SSSR count). The van der Waals surface area contributed by atoms with Crippen LogP contribution < -0.4 is 4.74 Å². The average Bonchev–Trinajstić information content (AvgIpc) is 2.66. The lowest BCUT2D eigenvalue weighted by molar-refractivity contribution is -0.00642. The Morgan fingerprint density at radius 2 is 1.43 bits per heavy atom. The molecule has 1 nitrogen and oxygen atoms in total. The van der Waals surface area contributed by atoms with Crippen LogP contribution in [0.15, 0.2) is 22.7 Å². The van der Waals surface area contributed by atoms with Gasteiger partial charge in [0.15, 0.2) is 0 Å². The second kappa shape index (κ2) is 9.54. The highest BCUT2D eigenvalue weighted by atomic mass is 79.9. The highest BCUT2D eigenvalue weighted by molar-refractivity contribution is 9.10. The van der Waals surface area contributed by atoms with Gasteiger partial charge in [0.05, 0.1) is 6.61 Å². The maximum absolute atomic E-state index is 6.41. The second-order valence-corrected chi connectivity index (χ2v) is 11.1. The molecule has 1 aromatic carbocycles. The van der Waals surface area contributed by atoms with Gasteiger partial charge < -0.3 is 4.74 Å². The molecular formula is C26H39BrO. The first-order chi connectivity index (χ1) is 13.7. The summed E-state index contributed by atoms with van der Waals surface area (Å²) in [5, 5.41) is 0. The minimum atomic E-state index is 0.410. The summed E-state index contributed by atoms with van der Waals surface area (Å²) in [6, 6.07) is 6.81. The summed E-state index contributed by atoms with van der Waals surface area (Å²) in [4.78, 5) is 0. The Labute approximate surface area is 181 Å². The lowest BCUT2D eigenvalue weighted by Gasteiger charge is -2.57. The van der Waals surface area contributed by atoms with E-state index < -0.39 is 0 Å². The summed E-state index contributed by atoms with van der Waals surface area (Å²) in [5.41, 5.74) is 1.94. The molecule has 4 bridgehead atoms. The van der Waals surface area contributed by atoms with Gasteiger partial charge >= 0.3 is 0 Å². The Bertz CT molecular complexity index is 602. The molecule has 0 N–H and O–H groups in total. The van der Waals surface area contributed by atoms with Crippen LogP contribution in [0, 0.1) is 17.8 Å². The minimum absolute atomic E-state index is 0.410. The topological polar surface area (TPSA) is 9.23 Å². The van der Waals surface area contributed by atoms with Gasteiger partial charge in [-0.15, -0.1) is 0 Å². The van der Waals surface area contributed by atoms with Crippen molar-refractivity contribution in [3.05, 3.63) is 28.2 Å². The molecule has 0 heterocycles. The second-order valence-electron chi connectivity index (χ2n) is 10.2. The van der Waals surface area contributed by atoms with Crippen LogP contribution in [0.2, 0.25) is 0 Å². The third-order valence-corrected chi connectivity index (χ3v) is 8.30. The van der Waals surface area contributed by atoms with Gasteiger partial charge in [-0.2, -0.15) is 0 Å². The standard InChI is InChI=1S/C26H39BrO/c1-2-3-4-5-6-7-8-9-12-28-25-11-10-23(27)16-24(25)26-17-20-13-21(18-26)15-22(14-20)19-26/h10-11,16,20-22H,2-9,12-15,17-19H2,1H3. The van der Waals surface area contributed by atoms with Gasteiger partial charge in [0.25, 0.3) is 0 Å². The molecule has 0 amide bonds. The van der Waals surface area contributed by atoms with Gasteiger partial charge in [-0.25, -0.2) is 0 Å². The van der Waals surface area contributed by atoms with Crippen LogP contribution in [0.4, 0.5) is 0 Å². The third-order valence-electron chi connectivity index (χ3n) is 7.81. The Morgan fingerprint density at radius 3 is 2.04 bits per heavy atom. The van der Waals surface area contributed by atoms with E-state index in [-0.39, 0.29) is 0 Å². The van der Waals surface area contributed by atoms with Crippen molar-refractivity contribution in [2.75, 3.05) is 6.61 Å². The van der Waals surface area contributed by atoms with Gasteiger partial charge in [-0.1, -0.05) is 67.8 Å². The van der Waals surface area contributed by atoms with Crippen LogP contribution in [0.1, 0.15) is 102 Å². The summed E-state index contributed by atoms with van der Waals surface area (Å²) in [6.07, 6.45) is 19.6. The van der Waals surface area contributed by atoms with E-state index in [1.165, 1.54) is 106 Å². The summed E-state index contributed by atoms with van der Waals surface area (Å²) in [6.45, 7) is 3.17. The summed E-state index contributed by atoms with van der Waals surface area (Å²) < 4.78 is 7.63. The van der Waals surface area contributed by atoms with Crippen LogP contribution in [0.3, 0.4) is 0 Å². The number of unbranched alkanes of at least 4 members (excludes halogenated alkanes) is 7. The van der Waals surface area contributed by atoms with E-state index in [1.54, 1.807) is 0 Å². The fourth-order valence-corrected chi connectivity index (χ4v) is 7.26. The number of ether oxygens (including phenoxy) is 1. The van der Waals surface area contributed by atoms with Crippen molar-refractivity contribution in [2.45, 2.75) is 102 Å². The van der Waals surface area contributed by atoms with Crippen LogP contribution in [0.5, 0.6) is 5.75 Å². The van der Waals surface area contributed by atoms with Crippen molar-refractivity contribution in [1.82, 2.24) is 0 Å². The molecule has 0 saturated heterocycles. The van der Waals surface area contributed by atoms with Crippen molar-refractivity contribution in [3.8, 4) is 5.75 Å². The van der Waals surface area contributed by atoms with Crippen LogP contribution >= 0.6 is 15.9 Å². The predicted octanol–water partition coefficient (Wildman–Crippen LogP) is 8.44. The molecule has 4 saturated carbocycles. The van der Waals surface area contributed by atoms with E-state index in [4.69, 9.17) is 4.74 Å². The fraction of sp³-hybridized carbons (Fsp3) is 0.769. The zero-order valence-corrected chi connectivity index (χ0v) is 19.4. The molecule has 1 aromatic rings. The zero-order chi connectivity index (χ0) is 19.4. The van der Waals surface area contributed by atoms with Crippen molar-refractivity contribution in [3.63, 3.8) is 0 Å². The number of benzene rings is 1. The first-order valence-electron chi connectivity index (χ1n) is 12.1. The van der Waals surface area contributed by atoms with E-state index in [0.29, 0.717) is 5.41 Å². The predicted molar refractivity (Wildman–Crippen MR) is 122 cm³/mol. The van der Waals surface area contributed by atoms with Crippen LogP contribution in [-0.2, 0) is 5.41 Å². The van der Waals surface area contributed by atoms with Gasteiger partial charge in [0, 0.05) is 10.0 Å². The van der Waals surface area contributed by atoms with Gasteiger partial charge in [-0.3, -0.25) is 0 Å². The molecule has 2 heteroatoms. The molecule has 0 radical (unpaired) electrons. The van der Waals surface area contributed by atoms with E-state index in [2.05, 4.69) is 41.1 Å². The lowest BCUT2D eigenvalue weighted by Crippen LogP contribution is -2.48. The fourth-order valence-electron chi connectivity index (χ4n) is 6.90. The molecule has 0 unspecified atom stereocenters. The molecule has 0 atom stereocenters. The maximum Gasteiger partial charge on any atom is 0.123 e. The molecule has 4 fully saturated rings. The molecule has 28 heavy (non-hydrogen) atoms. The molecule has 0 aromatic heterocycles. The minimum Gasteiger partial charge on any atom is -0.493 e. The number of rotatable bonds is 11. The van der Waals surface area contributed by atoms with Crippen LogP contribution in [0.25, 0.3) is 0 Å². The molecule has 0 spiro atoms. The first-order valence-corrected chi connectivity index (χ1v) is 12.9. The number of hydrogen-bond acceptors (Lipinski definition) is 1. The van der Waals surface area contributed by atoms with Crippen molar-refractivity contribution < 1.29 is 4.74 Å². The van der Waals surface area contributed by atoms with Gasteiger partial charge in [0.2, 0.25) is 0 Å². The molecule has 0 aliphatic heterocycles. The molecule has 4 aliphatic rings. The summed E-state index contributed by atoms with van der Waals surface area (Å²) in [7, 11) is 0. The monoisotopic (exact) mass is 446 g/mol. The summed E-state index contributed by atoms with van der Waals surface area (Å²) in [5.74, 6) is 4.12. The molecule has 156 valence electrons. The van der Waals surface area contributed by atoms with Crippen molar-refractivity contribution in [1.29, 1.82) is 0 Å². The van der Waals surface area contributed by atoms with Gasteiger partial charge in [-0.05, 0) is 86.3 Å². The van der Waals surface area contributed by atoms with Crippen LogP contribution in [-0.4, -0.2) is 6.61 Å².